The van der Waals surface area contributed by atoms with E-state index in [1.807, 2.05) is 65.5 Å². The van der Waals surface area contributed by atoms with Crippen LogP contribution in [0.1, 0.15) is 30.9 Å². The van der Waals surface area contributed by atoms with Gasteiger partial charge in [0.15, 0.2) is 0 Å². The molecule has 1 saturated heterocycles. The van der Waals surface area contributed by atoms with E-state index in [1.165, 1.54) is 0 Å². The molecule has 2 amide bonds. The highest BCUT2D eigenvalue weighted by molar-refractivity contribution is 5.97. The molecule has 8 nitrogen and oxygen atoms in total. The quantitative estimate of drug-likeness (QED) is 0.491. The van der Waals surface area contributed by atoms with Crippen LogP contribution < -0.4 is 19.7 Å². The topological polar surface area (TPSA) is 85.7 Å². The second kappa shape index (κ2) is 10.9. The van der Waals surface area contributed by atoms with Crippen molar-refractivity contribution in [2.24, 2.45) is 5.92 Å². The predicted octanol–water partition coefficient (Wildman–Crippen LogP) is 3.59. The minimum atomic E-state index is -0.489. The number of rotatable bonds is 9. The maximum atomic E-state index is 13.4. The monoisotopic (exact) mass is 462 g/mol. The molecule has 1 aliphatic rings. The van der Waals surface area contributed by atoms with E-state index < -0.39 is 12.0 Å². The molecule has 2 unspecified atom stereocenters. The normalized spacial score (nSPS) is 17.9. The molecule has 34 heavy (non-hydrogen) atoms. The standard InChI is InChI=1S/C26H30N4O4/c1-33-20-11-9-19(10-12-20)30-24(31)14-13-22(25(30)21-7-3-4-8-23(21)34-2)26(32)27-15-5-17-29-18-6-16-28-29/h3-4,6-12,16,18,22,25H,5,13-15,17H2,1-2H3,(H,27,32). The number of aryl methyl sites for hydroxylation is 1. The smallest absolute Gasteiger partial charge is 0.227 e. The van der Waals surface area contributed by atoms with Gasteiger partial charge in [0.2, 0.25) is 11.8 Å². The van der Waals surface area contributed by atoms with E-state index in [1.54, 1.807) is 25.3 Å². The van der Waals surface area contributed by atoms with Crippen LogP contribution in [0.25, 0.3) is 0 Å². The lowest BCUT2D eigenvalue weighted by molar-refractivity contribution is -0.129. The van der Waals surface area contributed by atoms with Crippen molar-refractivity contribution in [3.05, 3.63) is 72.6 Å². The van der Waals surface area contributed by atoms with E-state index in [9.17, 15) is 9.59 Å². The molecule has 1 fully saturated rings. The molecule has 0 bridgehead atoms. The lowest BCUT2D eigenvalue weighted by Crippen LogP contribution is -2.48. The van der Waals surface area contributed by atoms with Gasteiger partial charge >= 0.3 is 0 Å². The molecule has 1 aliphatic heterocycles. The van der Waals surface area contributed by atoms with Gasteiger partial charge in [0.25, 0.3) is 0 Å². The Labute approximate surface area is 199 Å². The maximum Gasteiger partial charge on any atom is 0.227 e. The summed E-state index contributed by atoms with van der Waals surface area (Å²) < 4.78 is 12.7. The molecule has 2 atom stereocenters. The number of hydrogen-bond acceptors (Lipinski definition) is 5. The Hall–Kier alpha value is -3.81. The largest absolute Gasteiger partial charge is 0.497 e. The first-order valence-electron chi connectivity index (χ1n) is 11.5. The van der Waals surface area contributed by atoms with Crippen LogP contribution in [-0.4, -0.2) is 42.4 Å². The molecule has 178 valence electrons. The van der Waals surface area contributed by atoms with Crippen LogP contribution in [0.3, 0.4) is 0 Å². The highest BCUT2D eigenvalue weighted by Gasteiger charge is 2.42. The number of carbonyl (C=O) groups is 2. The van der Waals surface area contributed by atoms with Crippen molar-refractivity contribution in [2.45, 2.75) is 31.8 Å². The Balaban J connectivity index is 1.61. The fourth-order valence-corrected chi connectivity index (χ4v) is 4.50. The van der Waals surface area contributed by atoms with Gasteiger partial charge < -0.3 is 19.7 Å². The first-order valence-corrected chi connectivity index (χ1v) is 11.5. The highest BCUT2D eigenvalue weighted by Crippen LogP contribution is 2.43. The number of methoxy groups -OCH3 is 2. The number of piperidine rings is 1. The molecule has 2 heterocycles. The minimum absolute atomic E-state index is 0.0243. The molecule has 0 aliphatic carbocycles. The molecule has 1 N–H and O–H groups in total. The third-order valence-corrected chi connectivity index (χ3v) is 6.16. The van der Waals surface area contributed by atoms with E-state index in [4.69, 9.17) is 9.47 Å². The molecule has 4 rings (SSSR count). The number of para-hydroxylation sites is 1. The predicted molar refractivity (Wildman–Crippen MR) is 129 cm³/mol. The second-order valence-electron chi connectivity index (χ2n) is 8.21. The van der Waals surface area contributed by atoms with E-state index in [0.29, 0.717) is 30.9 Å². The van der Waals surface area contributed by atoms with Crippen molar-refractivity contribution in [3.63, 3.8) is 0 Å². The Morgan fingerprint density at radius 3 is 2.59 bits per heavy atom. The summed E-state index contributed by atoms with van der Waals surface area (Å²) in [4.78, 5) is 28.3. The summed E-state index contributed by atoms with van der Waals surface area (Å²) in [6.07, 6.45) is 5.17. The summed E-state index contributed by atoms with van der Waals surface area (Å²) >= 11 is 0. The number of aromatic nitrogens is 2. The summed E-state index contributed by atoms with van der Waals surface area (Å²) in [6, 6.07) is 16.3. The van der Waals surface area contributed by atoms with E-state index in [2.05, 4.69) is 10.4 Å². The number of amides is 2. The number of carbonyl (C=O) groups excluding carboxylic acids is 2. The van der Waals surface area contributed by atoms with E-state index in [0.717, 1.165) is 24.2 Å². The van der Waals surface area contributed by atoms with Gasteiger partial charge in [0.05, 0.1) is 26.2 Å². The lowest BCUT2D eigenvalue weighted by atomic mass is 9.82. The third kappa shape index (κ3) is 5.06. The summed E-state index contributed by atoms with van der Waals surface area (Å²) in [7, 11) is 3.21. The van der Waals surface area contributed by atoms with Crippen molar-refractivity contribution in [1.82, 2.24) is 15.1 Å². The maximum absolute atomic E-state index is 13.4. The number of anilines is 1. The fraction of sp³-hybridized carbons (Fsp3) is 0.346. The van der Waals surface area contributed by atoms with E-state index >= 15 is 0 Å². The fourth-order valence-electron chi connectivity index (χ4n) is 4.50. The van der Waals surface area contributed by atoms with Crippen LogP contribution in [0.4, 0.5) is 5.69 Å². The van der Waals surface area contributed by atoms with Gasteiger partial charge in [-0.25, -0.2) is 0 Å². The number of benzene rings is 2. The Kier molecular flexibility index (Phi) is 7.47. The van der Waals surface area contributed by atoms with E-state index in [-0.39, 0.29) is 11.8 Å². The number of hydrogen-bond donors (Lipinski definition) is 1. The van der Waals surface area contributed by atoms with Crippen LogP contribution in [0.2, 0.25) is 0 Å². The number of nitrogens with one attached hydrogen (secondary N) is 1. The zero-order valence-corrected chi connectivity index (χ0v) is 19.5. The van der Waals surface area contributed by atoms with Crippen molar-refractivity contribution in [3.8, 4) is 11.5 Å². The highest BCUT2D eigenvalue weighted by atomic mass is 16.5. The van der Waals surface area contributed by atoms with Gasteiger partial charge in [-0.2, -0.15) is 5.10 Å². The van der Waals surface area contributed by atoms with Crippen molar-refractivity contribution in [1.29, 1.82) is 0 Å². The van der Waals surface area contributed by atoms with Crippen LogP contribution in [0, 0.1) is 5.92 Å². The third-order valence-electron chi connectivity index (χ3n) is 6.16. The van der Waals surface area contributed by atoms with Gasteiger partial charge in [-0.1, -0.05) is 18.2 Å². The average Bonchev–Trinajstić information content (AvgIpc) is 3.40. The summed E-state index contributed by atoms with van der Waals surface area (Å²) in [5.41, 5.74) is 1.53. The van der Waals surface area contributed by atoms with Gasteiger partial charge in [0.1, 0.15) is 11.5 Å². The average molecular weight is 463 g/mol. The molecule has 3 aromatic rings. The van der Waals surface area contributed by atoms with Gasteiger partial charge in [-0.05, 0) is 49.2 Å². The number of nitrogens with zero attached hydrogens (tertiary/aromatic N) is 3. The van der Waals surface area contributed by atoms with Gasteiger partial charge in [-0.15, -0.1) is 0 Å². The molecule has 1 aromatic heterocycles. The van der Waals surface area contributed by atoms with Crippen molar-refractivity contribution < 1.29 is 19.1 Å². The second-order valence-corrected chi connectivity index (χ2v) is 8.21. The van der Waals surface area contributed by atoms with Crippen LogP contribution >= 0.6 is 0 Å². The zero-order valence-electron chi connectivity index (χ0n) is 19.5. The Bertz CT molecular complexity index is 1100. The van der Waals surface area contributed by atoms with Crippen molar-refractivity contribution in [2.75, 3.05) is 25.7 Å². The van der Waals surface area contributed by atoms with Gasteiger partial charge in [-0.3, -0.25) is 14.3 Å². The molecule has 8 heteroatoms. The summed E-state index contributed by atoms with van der Waals surface area (Å²) in [5, 5.41) is 7.27. The molecule has 0 saturated carbocycles. The Morgan fingerprint density at radius 2 is 1.88 bits per heavy atom. The Morgan fingerprint density at radius 1 is 1.09 bits per heavy atom. The summed E-state index contributed by atoms with van der Waals surface area (Å²) in [5.74, 6) is 0.845. The molecular weight excluding hydrogens is 432 g/mol. The first kappa shape index (κ1) is 23.4. The zero-order chi connectivity index (χ0) is 23.9. The van der Waals surface area contributed by atoms with Crippen molar-refractivity contribution >= 4 is 17.5 Å². The first-order chi connectivity index (χ1) is 16.6. The molecule has 0 radical (unpaired) electrons. The molecular formula is C26H30N4O4. The molecule has 0 spiro atoms. The van der Waals surface area contributed by atoms with Gasteiger partial charge in [0, 0.05) is 43.2 Å². The summed E-state index contributed by atoms with van der Waals surface area (Å²) in [6.45, 7) is 1.26. The molecule has 2 aromatic carbocycles. The number of ether oxygens (including phenoxy) is 2. The van der Waals surface area contributed by atoms with Crippen LogP contribution in [0.15, 0.2) is 67.0 Å². The van der Waals surface area contributed by atoms with Crippen LogP contribution in [-0.2, 0) is 16.1 Å². The lowest BCUT2D eigenvalue weighted by Gasteiger charge is -2.41. The SMILES string of the molecule is COc1ccc(N2C(=O)CCC(C(=O)NCCCn3cccn3)C2c2ccccc2OC)cc1. The van der Waals surface area contributed by atoms with Crippen LogP contribution in [0.5, 0.6) is 11.5 Å². The minimum Gasteiger partial charge on any atom is -0.497 e.